The Kier molecular flexibility index (Phi) is 7.38. The van der Waals surface area contributed by atoms with Gasteiger partial charge in [0.1, 0.15) is 12.2 Å². The third-order valence-electron chi connectivity index (χ3n) is 5.20. The van der Waals surface area contributed by atoms with Crippen LogP contribution in [0.25, 0.3) is 0 Å². The van der Waals surface area contributed by atoms with Crippen molar-refractivity contribution in [3.05, 3.63) is 83.4 Å². The fraction of sp³-hybridized carbons (Fsp3) is 0.391. The molecule has 1 N–H and O–H groups in total. The summed E-state index contributed by atoms with van der Waals surface area (Å²) < 4.78 is 13.0. The van der Waals surface area contributed by atoms with Crippen LogP contribution in [0, 0.1) is 0 Å². The van der Waals surface area contributed by atoms with E-state index in [-0.39, 0.29) is 18.2 Å². The maximum atomic E-state index is 5.52. The standard InChI is InChI=1S/C23H30N4O2/c1-17(28-3)22-24-25-23(18(2)29-4)27(22)26-21(20-13-9-6-10-14-20)16-15-19-11-7-5-8-12-19/h5-14,17-18,21,26H,15-16H2,1-4H3/t17-,18-,21+/m0/s1. The molecule has 1 heterocycles. The first-order valence-electron chi connectivity index (χ1n) is 10.00. The van der Waals surface area contributed by atoms with E-state index in [1.54, 1.807) is 14.2 Å². The van der Waals surface area contributed by atoms with Gasteiger partial charge in [0.2, 0.25) is 0 Å². The first-order valence-corrected chi connectivity index (χ1v) is 10.00. The SMILES string of the molecule is CO[C@@H](C)c1nnc([C@H](C)OC)n1N[C@H](CCc1ccccc1)c1ccccc1. The third kappa shape index (κ3) is 5.22. The molecule has 0 spiro atoms. The highest BCUT2D eigenvalue weighted by atomic mass is 16.5. The predicted molar refractivity (Wildman–Crippen MR) is 114 cm³/mol. The van der Waals surface area contributed by atoms with E-state index < -0.39 is 0 Å². The fourth-order valence-corrected chi connectivity index (χ4v) is 3.28. The molecular formula is C23H30N4O2. The van der Waals surface area contributed by atoms with Crippen molar-refractivity contribution >= 4 is 0 Å². The summed E-state index contributed by atoms with van der Waals surface area (Å²) in [6.45, 7) is 3.93. The van der Waals surface area contributed by atoms with E-state index in [0.717, 1.165) is 24.5 Å². The molecule has 0 aliphatic carbocycles. The zero-order valence-electron chi connectivity index (χ0n) is 17.6. The van der Waals surface area contributed by atoms with Crippen molar-refractivity contribution in [2.24, 2.45) is 0 Å². The van der Waals surface area contributed by atoms with Crippen LogP contribution in [0.2, 0.25) is 0 Å². The Hall–Kier alpha value is -2.70. The van der Waals surface area contributed by atoms with E-state index in [1.165, 1.54) is 11.1 Å². The van der Waals surface area contributed by atoms with Gasteiger partial charge in [-0.1, -0.05) is 60.7 Å². The Morgan fingerprint density at radius 1 is 0.828 bits per heavy atom. The molecular weight excluding hydrogens is 364 g/mol. The summed E-state index contributed by atoms with van der Waals surface area (Å²) in [6.07, 6.45) is 1.49. The van der Waals surface area contributed by atoms with Gasteiger partial charge in [-0.25, -0.2) is 4.68 Å². The number of benzene rings is 2. The van der Waals surface area contributed by atoms with Crippen LogP contribution in [0.4, 0.5) is 0 Å². The minimum atomic E-state index is -0.196. The summed E-state index contributed by atoms with van der Waals surface area (Å²) in [5, 5.41) is 8.73. The number of nitrogens with one attached hydrogen (secondary N) is 1. The second kappa shape index (κ2) is 10.2. The molecule has 0 saturated heterocycles. The zero-order valence-corrected chi connectivity index (χ0v) is 17.6. The molecule has 1 aromatic heterocycles. The number of hydrogen-bond donors (Lipinski definition) is 1. The average Bonchev–Trinajstić information content (AvgIpc) is 3.20. The molecule has 0 amide bonds. The van der Waals surface area contributed by atoms with E-state index in [0.29, 0.717) is 0 Å². The summed E-state index contributed by atoms with van der Waals surface area (Å²) in [4.78, 5) is 0. The van der Waals surface area contributed by atoms with Gasteiger partial charge in [0.05, 0.1) is 6.04 Å². The molecule has 0 radical (unpaired) electrons. The molecule has 154 valence electrons. The normalized spacial score (nSPS) is 14.3. The minimum absolute atomic E-state index is 0.0815. The molecule has 6 heteroatoms. The largest absolute Gasteiger partial charge is 0.374 e. The van der Waals surface area contributed by atoms with Crippen molar-refractivity contribution in [3.63, 3.8) is 0 Å². The molecule has 29 heavy (non-hydrogen) atoms. The van der Waals surface area contributed by atoms with Crippen LogP contribution >= 0.6 is 0 Å². The van der Waals surface area contributed by atoms with Crippen LogP contribution in [0.3, 0.4) is 0 Å². The Balaban J connectivity index is 1.91. The van der Waals surface area contributed by atoms with Crippen molar-refractivity contribution in [3.8, 4) is 0 Å². The third-order valence-corrected chi connectivity index (χ3v) is 5.20. The highest BCUT2D eigenvalue weighted by Crippen LogP contribution is 2.25. The summed E-state index contributed by atoms with van der Waals surface area (Å²) in [5.74, 6) is 1.46. The summed E-state index contributed by atoms with van der Waals surface area (Å²) in [6, 6.07) is 21.1. The lowest BCUT2D eigenvalue weighted by molar-refractivity contribution is 0.101. The van der Waals surface area contributed by atoms with E-state index in [2.05, 4.69) is 64.2 Å². The molecule has 0 unspecified atom stereocenters. The smallest absolute Gasteiger partial charge is 0.180 e. The zero-order chi connectivity index (χ0) is 20.6. The molecule has 3 atom stereocenters. The van der Waals surface area contributed by atoms with E-state index in [9.17, 15) is 0 Å². The lowest BCUT2D eigenvalue weighted by atomic mass is 9.99. The Morgan fingerprint density at radius 2 is 1.34 bits per heavy atom. The van der Waals surface area contributed by atoms with E-state index >= 15 is 0 Å². The maximum Gasteiger partial charge on any atom is 0.180 e. The number of methoxy groups -OCH3 is 2. The average molecular weight is 395 g/mol. The van der Waals surface area contributed by atoms with Gasteiger partial charge in [0, 0.05) is 14.2 Å². The molecule has 2 aromatic carbocycles. The van der Waals surface area contributed by atoms with Crippen molar-refractivity contribution in [2.45, 2.75) is 44.9 Å². The van der Waals surface area contributed by atoms with Crippen molar-refractivity contribution in [1.82, 2.24) is 14.9 Å². The first-order chi connectivity index (χ1) is 14.1. The molecule has 3 rings (SSSR count). The van der Waals surface area contributed by atoms with Gasteiger partial charge < -0.3 is 14.9 Å². The van der Waals surface area contributed by atoms with Gasteiger partial charge in [-0.15, -0.1) is 10.2 Å². The molecule has 0 aliphatic heterocycles. The number of rotatable bonds is 10. The molecule has 0 bridgehead atoms. The van der Waals surface area contributed by atoms with Crippen LogP contribution in [0.5, 0.6) is 0 Å². The number of hydrogen-bond acceptors (Lipinski definition) is 5. The second-order valence-electron chi connectivity index (χ2n) is 7.12. The van der Waals surface area contributed by atoms with Gasteiger partial charge in [-0.05, 0) is 37.8 Å². The summed E-state index contributed by atoms with van der Waals surface area (Å²) in [7, 11) is 3.35. The lowest BCUT2D eigenvalue weighted by Crippen LogP contribution is -2.27. The maximum absolute atomic E-state index is 5.52. The van der Waals surface area contributed by atoms with Crippen LogP contribution in [-0.4, -0.2) is 29.1 Å². The van der Waals surface area contributed by atoms with Crippen LogP contribution < -0.4 is 5.43 Å². The molecule has 6 nitrogen and oxygen atoms in total. The molecule has 0 aliphatic rings. The molecule has 0 fully saturated rings. The number of aromatic nitrogens is 3. The monoisotopic (exact) mass is 394 g/mol. The fourth-order valence-electron chi connectivity index (χ4n) is 3.28. The Bertz CT molecular complexity index is 840. The minimum Gasteiger partial charge on any atom is -0.374 e. The number of ether oxygens (including phenoxy) is 2. The van der Waals surface area contributed by atoms with E-state index in [1.807, 2.05) is 30.7 Å². The van der Waals surface area contributed by atoms with Gasteiger partial charge in [0.15, 0.2) is 11.6 Å². The van der Waals surface area contributed by atoms with Crippen LogP contribution in [0.1, 0.15) is 61.3 Å². The van der Waals surface area contributed by atoms with Gasteiger partial charge in [-0.2, -0.15) is 0 Å². The van der Waals surface area contributed by atoms with Crippen molar-refractivity contribution < 1.29 is 9.47 Å². The molecule has 3 aromatic rings. The Labute approximate surface area is 172 Å². The van der Waals surface area contributed by atoms with Gasteiger partial charge in [0.25, 0.3) is 0 Å². The van der Waals surface area contributed by atoms with Crippen molar-refractivity contribution in [2.75, 3.05) is 19.6 Å². The summed E-state index contributed by atoms with van der Waals surface area (Å²) in [5.41, 5.74) is 6.17. The highest BCUT2D eigenvalue weighted by molar-refractivity contribution is 5.23. The lowest BCUT2D eigenvalue weighted by Gasteiger charge is -2.25. The first kappa shape index (κ1) is 21.0. The summed E-state index contributed by atoms with van der Waals surface area (Å²) >= 11 is 0. The second-order valence-corrected chi connectivity index (χ2v) is 7.12. The quantitative estimate of drug-likeness (QED) is 0.544. The van der Waals surface area contributed by atoms with Gasteiger partial charge >= 0.3 is 0 Å². The van der Waals surface area contributed by atoms with E-state index in [4.69, 9.17) is 9.47 Å². The van der Waals surface area contributed by atoms with Gasteiger partial charge in [-0.3, -0.25) is 0 Å². The Morgan fingerprint density at radius 3 is 1.86 bits per heavy atom. The number of nitrogens with zero attached hydrogens (tertiary/aromatic N) is 3. The van der Waals surface area contributed by atoms with Crippen LogP contribution in [0.15, 0.2) is 60.7 Å². The predicted octanol–water partition coefficient (Wildman–Crippen LogP) is 4.61. The highest BCUT2D eigenvalue weighted by Gasteiger charge is 2.24. The number of aryl methyl sites for hydroxylation is 1. The van der Waals surface area contributed by atoms with Crippen molar-refractivity contribution in [1.29, 1.82) is 0 Å². The molecule has 0 saturated carbocycles. The van der Waals surface area contributed by atoms with Crippen LogP contribution in [-0.2, 0) is 15.9 Å². The topological polar surface area (TPSA) is 61.2 Å².